The molecule has 0 saturated carbocycles. The number of carbonyl (C=O) groups is 1. The van der Waals surface area contributed by atoms with Crippen molar-refractivity contribution in [2.75, 3.05) is 13.1 Å². The van der Waals surface area contributed by atoms with Gasteiger partial charge in [-0.2, -0.15) is 5.10 Å². The second-order valence-electron chi connectivity index (χ2n) is 6.71. The molecular weight excluding hydrogens is 326 g/mol. The molecule has 0 aliphatic carbocycles. The maximum Gasteiger partial charge on any atom is 0.254 e. The number of fused-ring (bicyclic) bond motifs is 1. The maximum atomic E-state index is 12.9. The fraction of sp³-hybridized carbons (Fsp3) is 0.286. The predicted molar refractivity (Wildman–Crippen MR) is 100 cm³/mol. The molecule has 1 aromatic heterocycles. The van der Waals surface area contributed by atoms with E-state index < -0.39 is 0 Å². The normalized spacial score (nSPS) is 17.3. The number of nitrogens with zero attached hydrogens (tertiary/aromatic N) is 3. The van der Waals surface area contributed by atoms with Crippen molar-refractivity contribution < 1.29 is 9.53 Å². The van der Waals surface area contributed by atoms with E-state index in [-0.39, 0.29) is 12.0 Å². The standard InChI is InChI=1S/C21H21N3O2/c1-15-8-11-20(23-22-15)26-19-7-4-12-24(14-19)21(25)18-10-9-16-5-2-3-6-17(16)13-18/h2-3,5-6,8-11,13,19H,4,7,12,14H2,1H3. The molecule has 4 rings (SSSR count). The fourth-order valence-corrected chi connectivity index (χ4v) is 3.34. The molecule has 0 bridgehead atoms. The van der Waals surface area contributed by atoms with Crippen LogP contribution in [-0.4, -0.2) is 40.2 Å². The van der Waals surface area contributed by atoms with Gasteiger partial charge in [-0.15, -0.1) is 5.10 Å². The molecule has 2 heterocycles. The van der Waals surface area contributed by atoms with E-state index in [9.17, 15) is 4.79 Å². The number of carbonyl (C=O) groups excluding carboxylic acids is 1. The van der Waals surface area contributed by atoms with Crippen LogP contribution in [0.25, 0.3) is 10.8 Å². The van der Waals surface area contributed by atoms with Crippen LogP contribution in [0.15, 0.2) is 54.6 Å². The van der Waals surface area contributed by atoms with Crippen molar-refractivity contribution in [1.29, 1.82) is 0 Å². The zero-order chi connectivity index (χ0) is 17.9. The molecule has 0 radical (unpaired) electrons. The highest BCUT2D eigenvalue weighted by atomic mass is 16.5. The third-order valence-corrected chi connectivity index (χ3v) is 4.72. The Kier molecular flexibility index (Phi) is 4.52. The molecule has 1 atom stereocenters. The largest absolute Gasteiger partial charge is 0.471 e. The summed E-state index contributed by atoms with van der Waals surface area (Å²) in [5, 5.41) is 10.3. The minimum Gasteiger partial charge on any atom is -0.471 e. The first kappa shape index (κ1) is 16.5. The molecule has 1 aliphatic heterocycles. The third-order valence-electron chi connectivity index (χ3n) is 4.72. The molecule has 132 valence electrons. The van der Waals surface area contributed by atoms with Crippen molar-refractivity contribution in [2.24, 2.45) is 0 Å². The summed E-state index contributed by atoms with van der Waals surface area (Å²) in [6.07, 6.45) is 1.78. The summed E-state index contributed by atoms with van der Waals surface area (Å²) in [5.74, 6) is 0.569. The van der Waals surface area contributed by atoms with Gasteiger partial charge in [0.2, 0.25) is 5.88 Å². The number of amides is 1. The minimum atomic E-state index is -0.0508. The van der Waals surface area contributed by atoms with Crippen molar-refractivity contribution >= 4 is 16.7 Å². The second kappa shape index (κ2) is 7.12. The molecule has 26 heavy (non-hydrogen) atoms. The summed E-state index contributed by atoms with van der Waals surface area (Å²) in [6.45, 7) is 3.22. The molecule has 1 saturated heterocycles. The Morgan fingerprint density at radius 3 is 2.73 bits per heavy atom. The number of hydrogen-bond acceptors (Lipinski definition) is 4. The highest BCUT2D eigenvalue weighted by molar-refractivity contribution is 5.98. The second-order valence-corrected chi connectivity index (χ2v) is 6.71. The smallest absolute Gasteiger partial charge is 0.254 e. The average molecular weight is 347 g/mol. The lowest BCUT2D eigenvalue weighted by atomic mass is 10.0. The molecule has 0 spiro atoms. The van der Waals surface area contributed by atoms with E-state index in [1.165, 1.54) is 0 Å². The zero-order valence-corrected chi connectivity index (χ0v) is 14.8. The topological polar surface area (TPSA) is 55.3 Å². The Labute approximate surface area is 152 Å². The molecule has 5 nitrogen and oxygen atoms in total. The summed E-state index contributed by atoms with van der Waals surface area (Å²) in [4.78, 5) is 14.8. The number of benzene rings is 2. The highest BCUT2D eigenvalue weighted by Crippen LogP contribution is 2.21. The van der Waals surface area contributed by atoms with Crippen molar-refractivity contribution in [3.63, 3.8) is 0 Å². The molecule has 1 unspecified atom stereocenters. The van der Waals surface area contributed by atoms with Crippen LogP contribution in [0.5, 0.6) is 5.88 Å². The number of aryl methyl sites for hydroxylation is 1. The summed E-state index contributed by atoms with van der Waals surface area (Å²) in [7, 11) is 0. The van der Waals surface area contributed by atoms with Crippen molar-refractivity contribution in [1.82, 2.24) is 15.1 Å². The first-order valence-corrected chi connectivity index (χ1v) is 8.94. The van der Waals surface area contributed by atoms with E-state index in [1.807, 2.05) is 60.4 Å². The van der Waals surface area contributed by atoms with Gasteiger partial charge in [0.15, 0.2) is 0 Å². The van der Waals surface area contributed by atoms with Gasteiger partial charge in [0, 0.05) is 18.2 Å². The van der Waals surface area contributed by atoms with Crippen LogP contribution in [0, 0.1) is 6.92 Å². The lowest BCUT2D eigenvalue weighted by Gasteiger charge is -2.32. The number of ether oxygens (including phenoxy) is 1. The fourth-order valence-electron chi connectivity index (χ4n) is 3.34. The van der Waals surface area contributed by atoms with Crippen molar-refractivity contribution in [3.05, 3.63) is 65.9 Å². The first-order valence-electron chi connectivity index (χ1n) is 8.94. The highest BCUT2D eigenvalue weighted by Gasteiger charge is 2.26. The van der Waals surface area contributed by atoms with Crippen LogP contribution >= 0.6 is 0 Å². The molecule has 5 heteroatoms. The van der Waals surface area contributed by atoms with Crippen LogP contribution < -0.4 is 4.74 Å². The Morgan fingerprint density at radius 1 is 1.08 bits per heavy atom. The van der Waals surface area contributed by atoms with Crippen LogP contribution in [-0.2, 0) is 0 Å². The summed E-state index contributed by atoms with van der Waals surface area (Å²) in [6, 6.07) is 17.7. The SMILES string of the molecule is Cc1ccc(OC2CCCN(C(=O)c3ccc4ccccc4c3)C2)nn1. The van der Waals surface area contributed by atoms with Crippen LogP contribution in [0.4, 0.5) is 0 Å². The Balaban J connectivity index is 1.47. The van der Waals surface area contributed by atoms with Crippen LogP contribution in [0.2, 0.25) is 0 Å². The van der Waals surface area contributed by atoms with Gasteiger partial charge in [-0.3, -0.25) is 4.79 Å². The number of hydrogen-bond donors (Lipinski definition) is 0. The van der Waals surface area contributed by atoms with E-state index in [0.717, 1.165) is 41.4 Å². The third kappa shape index (κ3) is 3.52. The van der Waals surface area contributed by atoms with Gasteiger partial charge in [-0.25, -0.2) is 0 Å². The van der Waals surface area contributed by atoms with E-state index in [0.29, 0.717) is 12.4 Å². The van der Waals surface area contributed by atoms with Crippen LogP contribution in [0.1, 0.15) is 28.9 Å². The minimum absolute atomic E-state index is 0.0508. The number of piperidine rings is 1. The van der Waals surface area contributed by atoms with Gasteiger partial charge in [0.05, 0.1) is 12.2 Å². The van der Waals surface area contributed by atoms with Crippen LogP contribution in [0.3, 0.4) is 0 Å². The Bertz CT molecular complexity index is 924. The number of rotatable bonds is 3. The van der Waals surface area contributed by atoms with Gasteiger partial charge >= 0.3 is 0 Å². The van der Waals surface area contributed by atoms with Crippen molar-refractivity contribution in [2.45, 2.75) is 25.9 Å². The monoisotopic (exact) mass is 347 g/mol. The summed E-state index contributed by atoms with van der Waals surface area (Å²) >= 11 is 0. The number of likely N-dealkylation sites (tertiary alicyclic amines) is 1. The first-order chi connectivity index (χ1) is 12.7. The molecule has 2 aromatic carbocycles. The van der Waals surface area contributed by atoms with Gasteiger partial charge in [-0.1, -0.05) is 30.3 Å². The molecule has 1 amide bonds. The molecule has 0 N–H and O–H groups in total. The quantitative estimate of drug-likeness (QED) is 0.726. The Morgan fingerprint density at radius 2 is 1.92 bits per heavy atom. The van der Waals surface area contributed by atoms with Gasteiger partial charge < -0.3 is 9.64 Å². The molecular formula is C21H21N3O2. The molecule has 3 aromatic rings. The lowest BCUT2D eigenvalue weighted by molar-refractivity contribution is 0.0525. The summed E-state index contributed by atoms with van der Waals surface area (Å²) in [5.41, 5.74) is 1.58. The predicted octanol–water partition coefficient (Wildman–Crippen LogP) is 3.62. The zero-order valence-electron chi connectivity index (χ0n) is 14.8. The van der Waals surface area contributed by atoms with Gasteiger partial charge in [0.1, 0.15) is 6.10 Å². The molecule has 1 aliphatic rings. The Hall–Kier alpha value is -2.95. The van der Waals surface area contributed by atoms with E-state index in [1.54, 1.807) is 0 Å². The van der Waals surface area contributed by atoms with E-state index in [4.69, 9.17) is 4.74 Å². The van der Waals surface area contributed by atoms with Gasteiger partial charge in [-0.05, 0) is 48.7 Å². The van der Waals surface area contributed by atoms with Gasteiger partial charge in [0.25, 0.3) is 5.91 Å². The van der Waals surface area contributed by atoms with E-state index in [2.05, 4.69) is 16.3 Å². The maximum absolute atomic E-state index is 12.9. The molecule has 1 fully saturated rings. The number of aromatic nitrogens is 2. The lowest BCUT2D eigenvalue weighted by Crippen LogP contribution is -2.44. The average Bonchev–Trinajstić information content (AvgIpc) is 2.69. The van der Waals surface area contributed by atoms with E-state index >= 15 is 0 Å². The summed E-state index contributed by atoms with van der Waals surface area (Å²) < 4.78 is 5.93. The van der Waals surface area contributed by atoms with Crippen molar-refractivity contribution in [3.8, 4) is 5.88 Å².